The van der Waals surface area contributed by atoms with E-state index in [2.05, 4.69) is 4.90 Å². The van der Waals surface area contributed by atoms with E-state index in [1.54, 1.807) is 6.07 Å². The second kappa shape index (κ2) is 9.10. The summed E-state index contributed by atoms with van der Waals surface area (Å²) in [5.41, 5.74) is 2.36. The third-order valence-electron chi connectivity index (χ3n) is 5.78. The van der Waals surface area contributed by atoms with Crippen molar-refractivity contribution in [3.63, 3.8) is 0 Å². The largest absolute Gasteiger partial charge is 0.416 e. The zero-order chi connectivity index (χ0) is 21.9. The van der Waals surface area contributed by atoms with Gasteiger partial charge in [-0.2, -0.15) is 13.2 Å². The second-order valence-corrected chi connectivity index (χ2v) is 10.6. The number of piperidine rings is 1. The molecule has 2 aromatic rings. The predicted molar refractivity (Wildman–Crippen MR) is 113 cm³/mol. The molecule has 3 nitrogen and oxygen atoms in total. The molecule has 2 aromatic carbocycles. The number of likely N-dealkylation sites (tertiary alicyclic amines) is 1. The van der Waals surface area contributed by atoms with Gasteiger partial charge >= 0.3 is 6.18 Å². The topological polar surface area (TPSA) is 37.4 Å². The van der Waals surface area contributed by atoms with Crippen LogP contribution < -0.4 is 0 Å². The van der Waals surface area contributed by atoms with Crippen LogP contribution in [0.25, 0.3) is 0 Å². The molecule has 0 saturated carbocycles. The van der Waals surface area contributed by atoms with E-state index >= 15 is 0 Å². The molecule has 1 atom stereocenters. The Morgan fingerprint density at radius 2 is 1.70 bits per heavy atom. The fourth-order valence-corrected chi connectivity index (χ4v) is 5.25. The summed E-state index contributed by atoms with van der Waals surface area (Å²) in [7, 11) is -3.01. The van der Waals surface area contributed by atoms with Crippen LogP contribution in [0.3, 0.4) is 0 Å². The highest BCUT2D eigenvalue weighted by Crippen LogP contribution is 2.34. The van der Waals surface area contributed by atoms with Crippen molar-refractivity contribution in [2.24, 2.45) is 0 Å². The van der Waals surface area contributed by atoms with Gasteiger partial charge in [0.15, 0.2) is 0 Å². The van der Waals surface area contributed by atoms with Gasteiger partial charge < -0.3 is 0 Å². The lowest BCUT2D eigenvalue weighted by molar-refractivity contribution is -0.137. The van der Waals surface area contributed by atoms with Gasteiger partial charge in [-0.05, 0) is 60.5 Å². The summed E-state index contributed by atoms with van der Waals surface area (Å²) in [6, 6.07) is 13.7. The standard InChI is InChI=1S/C23H28F3NO2S/c1-17(16-30(2,28)29)19-8-6-18(7-9-19)15-27-12-10-20(11-13-27)21-4-3-5-22(14-21)23(24,25)26/h3-9,14,17,20H,10-13,15-16H2,1-2H3/t17-/m0/s1. The molecule has 1 saturated heterocycles. The van der Waals surface area contributed by atoms with Gasteiger partial charge in [-0.3, -0.25) is 4.90 Å². The molecule has 0 amide bonds. The van der Waals surface area contributed by atoms with E-state index in [9.17, 15) is 21.6 Å². The molecule has 0 spiro atoms. The molecule has 0 unspecified atom stereocenters. The monoisotopic (exact) mass is 439 g/mol. The number of hydrogen-bond donors (Lipinski definition) is 0. The first-order valence-electron chi connectivity index (χ1n) is 10.2. The molecular formula is C23H28F3NO2S. The zero-order valence-corrected chi connectivity index (χ0v) is 18.1. The normalized spacial score (nSPS) is 17.8. The van der Waals surface area contributed by atoms with E-state index in [4.69, 9.17) is 0 Å². The van der Waals surface area contributed by atoms with E-state index < -0.39 is 21.6 Å². The molecular weight excluding hydrogens is 411 g/mol. The number of rotatable bonds is 6. The highest BCUT2D eigenvalue weighted by atomic mass is 32.2. The van der Waals surface area contributed by atoms with E-state index in [0.29, 0.717) is 0 Å². The molecule has 0 bridgehead atoms. The summed E-state index contributed by atoms with van der Waals surface area (Å²) < 4.78 is 61.8. The van der Waals surface area contributed by atoms with Gasteiger partial charge in [0.05, 0.1) is 11.3 Å². The smallest absolute Gasteiger partial charge is 0.299 e. The Morgan fingerprint density at radius 1 is 1.07 bits per heavy atom. The molecule has 1 aliphatic rings. The third kappa shape index (κ3) is 6.32. The molecule has 1 aliphatic heterocycles. The van der Waals surface area contributed by atoms with Crippen LogP contribution >= 0.6 is 0 Å². The average Bonchev–Trinajstić information content (AvgIpc) is 2.67. The first-order chi connectivity index (χ1) is 14.0. The van der Waals surface area contributed by atoms with Gasteiger partial charge in [0, 0.05) is 12.8 Å². The maximum absolute atomic E-state index is 13.0. The van der Waals surface area contributed by atoms with Crippen molar-refractivity contribution in [1.29, 1.82) is 0 Å². The van der Waals surface area contributed by atoms with Crippen molar-refractivity contribution >= 4 is 9.84 Å². The summed E-state index contributed by atoms with van der Waals surface area (Å²) in [5, 5.41) is 0. The minimum atomic E-state index is -4.30. The molecule has 0 radical (unpaired) electrons. The fourth-order valence-electron chi connectivity index (χ4n) is 4.15. The Bertz CT molecular complexity index is 947. The van der Waals surface area contributed by atoms with Gasteiger partial charge in [-0.25, -0.2) is 8.42 Å². The SMILES string of the molecule is C[C@@H](CS(C)(=O)=O)c1ccc(CN2CCC(c3cccc(C(F)(F)F)c3)CC2)cc1. The molecule has 3 rings (SSSR count). The first-order valence-corrected chi connectivity index (χ1v) is 12.2. The van der Waals surface area contributed by atoms with Crippen LogP contribution in [-0.4, -0.2) is 38.4 Å². The molecule has 0 N–H and O–H groups in total. The summed E-state index contributed by atoms with van der Waals surface area (Å²) in [6.07, 6.45) is -1.38. The summed E-state index contributed by atoms with van der Waals surface area (Å²) in [4.78, 5) is 2.32. The highest BCUT2D eigenvalue weighted by Gasteiger charge is 2.31. The maximum atomic E-state index is 13.0. The van der Waals surface area contributed by atoms with E-state index in [1.165, 1.54) is 18.4 Å². The fraction of sp³-hybridized carbons (Fsp3) is 0.478. The van der Waals surface area contributed by atoms with E-state index in [0.717, 1.165) is 55.2 Å². The second-order valence-electron chi connectivity index (χ2n) is 8.41. The van der Waals surface area contributed by atoms with Gasteiger partial charge in [-0.1, -0.05) is 49.4 Å². The lowest BCUT2D eigenvalue weighted by Gasteiger charge is -2.32. The van der Waals surface area contributed by atoms with Crippen LogP contribution in [0.5, 0.6) is 0 Å². The Labute approximate surface area is 176 Å². The predicted octanol–water partition coefficient (Wildman–Crippen LogP) is 5.23. The Balaban J connectivity index is 1.55. The Morgan fingerprint density at radius 3 is 2.27 bits per heavy atom. The Hall–Kier alpha value is -1.86. The van der Waals surface area contributed by atoms with Gasteiger partial charge in [0.2, 0.25) is 0 Å². The molecule has 30 heavy (non-hydrogen) atoms. The number of halogens is 3. The molecule has 1 heterocycles. The number of sulfone groups is 1. The number of hydrogen-bond acceptors (Lipinski definition) is 3. The summed E-state index contributed by atoms with van der Waals surface area (Å²) in [6.45, 7) is 4.38. The van der Waals surface area contributed by atoms with Crippen molar-refractivity contribution in [3.8, 4) is 0 Å². The quantitative estimate of drug-likeness (QED) is 0.618. The van der Waals surface area contributed by atoms with Gasteiger partial charge in [-0.15, -0.1) is 0 Å². The number of alkyl halides is 3. The molecule has 7 heteroatoms. The lowest BCUT2D eigenvalue weighted by Crippen LogP contribution is -2.32. The third-order valence-corrected chi connectivity index (χ3v) is 6.89. The molecule has 0 aromatic heterocycles. The Kier molecular flexibility index (Phi) is 6.92. The molecule has 164 valence electrons. The van der Waals surface area contributed by atoms with Crippen molar-refractivity contribution < 1.29 is 21.6 Å². The van der Waals surface area contributed by atoms with Crippen molar-refractivity contribution in [1.82, 2.24) is 4.90 Å². The van der Waals surface area contributed by atoms with Gasteiger partial charge in [0.25, 0.3) is 0 Å². The van der Waals surface area contributed by atoms with E-state index in [1.807, 2.05) is 31.2 Å². The molecule has 1 fully saturated rings. The zero-order valence-electron chi connectivity index (χ0n) is 17.3. The van der Waals surface area contributed by atoms with Gasteiger partial charge in [0.1, 0.15) is 9.84 Å². The summed E-state index contributed by atoms with van der Waals surface area (Å²) in [5.74, 6) is 0.245. The van der Waals surface area contributed by atoms with Crippen LogP contribution in [0.2, 0.25) is 0 Å². The van der Waals surface area contributed by atoms with Crippen molar-refractivity contribution in [2.75, 3.05) is 25.1 Å². The number of nitrogens with zero attached hydrogens (tertiary/aromatic N) is 1. The van der Waals surface area contributed by atoms with Crippen LogP contribution in [0.4, 0.5) is 13.2 Å². The van der Waals surface area contributed by atoms with Crippen molar-refractivity contribution in [3.05, 3.63) is 70.8 Å². The first kappa shape index (κ1) is 22.8. The van der Waals surface area contributed by atoms with Crippen molar-refractivity contribution in [2.45, 2.75) is 44.3 Å². The maximum Gasteiger partial charge on any atom is 0.416 e. The van der Waals surface area contributed by atoms with E-state index in [-0.39, 0.29) is 17.6 Å². The number of benzene rings is 2. The summed E-state index contributed by atoms with van der Waals surface area (Å²) >= 11 is 0. The highest BCUT2D eigenvalue weighted by molar-refractivity contribution is 7.90. The van der Waals surface area contributed by atoms with Crippen LogP contribution in [0.1, 0.15) is 53.9 Å². The van der Waals surface area contributed by atoms with Crippen LogP contribution in [0.15, 0.2) is 48.5 Å². The van der Waals surface area contributed by atoms with Crippen LogP contribution in [-0.2, 0) is 22.6 Å². The lowest BCUT2D eigenvalue weighted by atomic mass is 9.88. The van der Waals surface area contributed by atoms with Crippen LogP contribution in [0, 0.1) is 0 Å². The average molecular weight is 440 g/mol. The minimum absolute atomic E-state index is 0.0442. The minimum Gasteiger partial charge on any atom is -0.299 e. The molecule has 0 aliphatic carbocycles.